The molecule has 0 bridgehead atoms. The third-order valence-electron chi connectivity index (χ3n) is 5.42. The van der Waals surface area contributed by atoms with Crippen molar-refractivity contribution in [1.82, 2.24) is 9.80 Å². The van der Waals surface area contributed by atoms with E-state index in [0.29, 0.717) is 6.54 Å². The summed E-state index contributed by atoms with van der Waals surface area (Å²) in [6, 6.07) is 16.7. The maximum Gasteiger partial charge on any atom is 0.225 e. The molecule has 0 aromatic heterocycles. The molecule has 1 heterocycles. The lowest BCUT2D eigenvalue weighted by Gasteiger charge is -2.33. The van der Waals surface area contributed by atoms with Crippen LogP contribution in [-0.2, 0) is 17.9 Å². The van der Waals surface area contributed by atoms with Gasteiger partial charge in [0.15, 0.2) is 0 Å². The van der Waals surface area contributed by atoms with E-state index in [1.54, 1.807) is 7.11 Å². The number of aryl methyl sites for hydroxylation is 1. The summed E-state index contributed by atoms with van der Waals surface area (Å²) in [5, 5.41) is 0. The zero-order valence-corrected chi connectivity index (χ0v) is 16.6. The van der Waals surface area contributed by atoms with E-state index in [-0.39, 0.29) is 11.8 Å². The van der Waals surface area contributed by atoms with Gasteiger partial charge in [0, 0.05) is 26.1 Å². The summed E-state index contributed by atoms with van der Waals surface area (Å²) >= 11 is 0. The molecule has 1 fully saturated rings. The topological polar surface area (TPSA) is 32.8 Å². The Hall–Kier alpha value is -2.33. The Morgan fingerprint density at radius 2 is 1.63 bits per heavy atom. The molecule has 3 rings (SSSR count). The number of piperidine rings is 1. The SMILES string of the molecule is COc1ccc(CN(C)C(=O)C2CCN(Cc3ccc(C)cc3)CC2)cc1. The first-order chi connectivity index (χ1) is 13.0. The Morgan fingerprint density at radius 1 is 1.04 bits per heavy atom. The molecule has 4 heteroatoms. The van der Waals surface area contributed by atoms with Crippen molar-refractivity contribution in [1.29, 1.82) is 0 Å². The van der Waals surface area contributed by atoms with Crippen LogP contribution in [0.25, 0.3) is 0 Å². The standard InChI is InChI=1S/C23H30N2O2/c1-18-4-6-20(7-5-18)17-25-14-12-21(13-15-25)23(26)24(2)16-19-8-10-22(27-3)11-9-19/h4-11,21H,12-17H2,1-3H3. The number of ether oxygens (including phenoxy) is 1. The third kappa shape index (κ3) is 5.33. The zero-order valence-electron chi connectivity index (χ0n) is 16.6. The van der Waals surface area contributed by atoms with E-state index < -0.39 is 0 Å². The first kappa shape index (κ1) is 19.4. The number of hydrogen-bond donors (Lipinski definition) is 0. The number of carbonyl (C=O) groups is 1. The Morgan fingerprint density at radius 3 is 2.22 bits per heavy atom. The van der Waals surface area contributed by atoms with Gasteiger partial charge in [-0.25, -0.2) is 0 Å². The lowest BCUT2D eigenvalue weighted by Crippen LogP contribution is -2.40. The van der Waals surface area contributed by atoms with E-state index in [2.05, 4.69) is 36.1 Å². The number of likely N-dealkylation sites (tertiary alicyclic amines) is 1. The normalized spacial score (nSPS) is 15.5. The molecule has 2 aromatic carbocycles. The summed E-state index contributed by atoms with van der Waals surface area (Å²) in [4.78, 5) is 17.1. The number of hydrogen-bond acceptors (Lipinski definition) is 3. The average Bonchev–Trinajstić information content (AvgIpc) is 2.70. The van der Waals surface area contributed by atoms with Crippen LogP contribution in [0.3, 0.4) is 0 Å². The highest BCUT2D eigenvalue weighted by molar-refractivity contribution is 5.78. The van der Waals surface area contributed by atoms with Crippen LogP contribution >= 0.6 is 0 Å². The summed E-state index contributed by atoms with van der Waals surface area (Å²) in [5.41, 5.74) is 3.77. The Kier molecular flexibility index (Phi) is 6.51. The fourth-order valence-electron chi connectivity index (χ4n) is 3.68. The van der Waals surface area contributed by atoms with E-state index >= 15 is 0 Å². The van der Waals surface area contributed by atoms with Crippen molar-refractivity contribution < 1.29 is 9.53 Å². The van der Waals surface area contributed by atoms with Crippen molar-refractivity contribution in [2.24, 2.45) is 5.92 Å². The average molecular weight is 367 g/mol. The van der Waals surface area contributed by atoms with E-state index in [9.17, 15) is 4.79 Å². The highest BCUT2D eigenvalue weighted by atomic mass is 16.5. The molecule has 0 aliphatic carbocycles. The Balaban J connectivity index is 1.47. The number of rotatable bonds is 6. The van der Waals surface area contributed by atoms with Crippen LogP contribution in [0.4, 0.5) is 0 Å². The molecule has 1 saturated heterocycles. The van der Waals surface area contributed by atoms with E-state index in [1.165, 1.54) is 11.1 Å². The van der Waals surface area contributed by atoms with Crippen LogP contribution in [0.2, 0.25) is 0 Å². The maximum absolute atomic E-state index is 12.8. The molecular formula is C23H30N2O2. The fourth-order valence-corrected chi connectivity index (χ4v) is 3.68. The lowest BCUT2D eigenvalue weighted by atomic mass is 9.95. The van der Waals surface area contributed by atoms with Gasteiger partial charge in [0.05, 0.1) is 7.11 Å². The molecule has 0 unspecified atom stereocenters. The fraction of sp³-hybridized carbons (Fsp3) is 0.435. The maximum atomic E-state index is 12.8. The van der Waals surface area contributed by atoms with Gasteiger partial charge in [-0.2, -0.15) is 0 Å². The summed E-state index contributed by atoms with van der Waals surface area (Å²) in [5.74, 6) is 1.25. The first-order valence-corrected chi connectivity index (χ1v) is 9.71. The molecule has 1 aliphatic rings. The molecule has 1 aliphatic heterocycles. The molecule has 1 amide bonds. The Labute approximate surface area is 162 Å². The minimum Gasteiger partial charge on any atom is -0.497 e. The molecule has 4 nitrogen and oxygen atoms in total. The predicted molar refractivity (Wildman–Crippen MR) is 109 cm³/mol. The van der Waals surface area contributed by atoms with Gasteiger partial charge in [-0.3, -0.25) is 9.69 Å². The van der Waals surface area contributed by atoms with Gasteiger partial charge < -0.3 is 9.64 Å². The van der Waals surface area contributed by atoms with Crippen LogP contribution in [0.15, 0.2) is 48.5 Å². The molecule has 0 N–H and O–H groups in total. The molecule has 144 valence electrons. The van der Waals surface area contributed by atoms with Crippen molar-refractivity contribution in [3.63, 3.8) is 0 Å². The highest BCUT2D eigenvalue weighted by Crippen LogP contribution is 2.22. The second-order valence-corrected chi connectivity index (χ2v) is 7.58. The quantitative estimate of drug-likeness (QED) is 0.778. The number of benzene rings is 2. The van der Waals surface area contributed by atoms with Gasteiger partial charge in [0.25, 0.3) is 0 Å². The van der Waals surface area contributed by atoms with Crippen LogP contribution < -0.4 is 4.74 Å². The van der Waals surface area contributed by atoms with E-state index in [4.69, 9.17) is 4.74 Å². The molecule has 27 heavy (non-hydrogen) atoms. The van der Waals surface area contributed by atoms with E-state index in [0.717, 1.165) is 43.8 Å². The number of amides is 1. The highest BCUT2D eigenvalue weighted by Gasteiger charge is 2.27. The van der Waals surface area contributed by atoms with Gasteiger partial charge in [0.2, 0.25) is 5.91 Å². The first-order valence-electron chi connectivity index (χ1n) is 9.71. The lowest BCUT2D eigenvalue weighted by molar-refractivity contribution is -0.136. The molecule has 0 saturated carbocycles. The second-order valence-electron chi connectivity index (χ2n) is 7.58. The molecule has 2 aromatic rings. The summed E-state index contributed by atoms with van der Waals surface area (Å²) in [7, 11) is 3.57. The molecule has 0 spiro atoms. The van der Waals surface area contributed by atoms with Crippen molar-refractivity contribution >= 4 is 5.91 Å². The third-order valence-corrected chi connectivity index (χ3v) is 5.42. The van der Waals surface area contributed by atoms with Crippen LogP contribution in [0.5, 0.6) is 5.75 Å². The molecule has 0 radical (unpaired) electrons. The van der Waals surface area contributed by atoms with Crippen LogP contribution in [0.1, 0.15) is 29.5 Å². The van der Waals surface area contributed by atoms with Crippen molar-refractivity contribution in [2.45, 2.75) is 32.9 Å². The molecular weight excluding hydrogens is 336 g/mol. The van der Waals surface area contributed by atoms with Crippen molar-refractivity contribution in [3.05, 3.63) is 65.2 Å². The molecule has 0 atom stereocenters. The van der Waals surface area contributed by atoms with Crippen LogP contribution in [0, 0.1) is 12.8 Å². The number of carbonyl (C=O) groups excluding carboxylic acids is 1. The second kappa shape index (κ2) is 9.05. The van der Waals surface area contributed by atoms with Crippen LogP contribution in [-0.4, -0.2) is 43.0 Å². The number of nitrogens with zero attached hydrogens (tertiary/aromatic N) is 2. The van der Waals surface area contributed by atoms with Gasteiger partial charge >= 0.3 is 0 Å². The van der Waals surface area contributed by atoms with Gasteiger partial charge in [-0.1, -0.05) is 42.0 Å². The largest absolute Gasteiger partial charge is 0.497 e. The summed E-state index contributed by atoms with van der Waals surface area (Å²) in [6.07, 6.45) is 1.88. The van der Waals surface area contributed by atoms with Gasteiger partial charge in [0.1, 0.15) is 5.75 Å². The van der Waals surface area contributed by atoms with Gasteiger partial charge in [-0.05, 0) is 56.1 Å². The van der Waals surface area contributed by atoms with Crippen molar-refractivity contribution in [3.8, 4) is 5.75 Å². The van der Waals surface area contributed by atoms with Gasteiger partial charge in [-0.15, -0.1) is 0 Å². The summed E-state index contributed by atoms with van der Waals surface area (Å²) < 4.78 is 5.19. The zero-order chi connectivity index (χ0) is 19.2. The monoisotopic (exact) mass is 366 g/mol. The number of methoxy groups -OCH3 is 1. The predicted octanol–water partition coefficient (Wildman–Crippen LogP) is 3.87. The van der Waals surface area contributed by atoms with Crippen molar-refractivity contribution in [2.75, 3.05) is 27.2 Å². The minimum absolute atomic E-state index is 0.141. The smallest absolute Gasteiger partial charge is 0.225 e. The minimum atomic E-state index is 0.141. The summed E-state index contributed by atoms with van der Waals surface area (Å²) in [6.45, 7) is 5.71. The Bertz CT molecular complexity index is 732. The van der Waals surface area contributed by atoms with E-state index in [1.807, 2.05) is 36.2 Å².